The van der Waals surface area contributed by atoms with Gasteiger partial charge in [0.2, 0.25) is 5.91 Å². The van der Waals surface area contributed by atoms with Crippen LogP contribution in [0.4, 0.5) is 33.3 Å². The van der Waals surface area contributed by atoms with Crippen LogP contribution in [-0.4, -0.2) is 80.9 Å². The smallest absolute Gasteiger partial charge is 0.378 e. The molecular weight excluding hydrogens is 573 g/mol. The van der Waals surface area contributed by atoms with Crippen LogP contribution in [0, 0.1) is 11.6 Å². The van der Waals surface area contributed by atoms with Crippen molar-refractivity contribution in [3.8, 4) is 0 Å². The first-order valence-electron chi connectivity index (χ1n) is 13.2. The van der Waals surface area contributed by atoms with Gasteiger partial charge in [-0.25, -0.2) is 8.78 Å². The number of anilines is 2. The zero-order chi connectivity index (χ0) is 29.7. The van der Waals surface area contributed by atoms with E-state index in [4.69, 9.17) is 16.3 Å². The highest BCUT2D eigenvalue weighted by molar-refractivity contribution is 6.31. The Kier molecular flexibility index (Phi) is 10.1. The number of piperazine rings is 1. The van der Waals surface area contributed by atoms with E-state index in [0.29, 0.717) is 43.5 Å². The van der Waals surface area contributed by atoms with Gasteiger partial charge < -0.3 is 25.6 Å². The molecule has 224 valence electrons. The normalized spacial score (nSPS) is 20.1. The van der Waals surface area contributed by atoms with Crippen molar-refractivity contribution in [1.82, 2.24) is 15.5 Å². The molecule has 2 atom stereocenters. The summed E-state index contributed by atoms with van der Waals surface area (Å²) in [4.78, 5) is 28.9. The molecule has 2 heterocycles. The fourth-order valence-electron chi connectivity index (χ4n) is 4.82. The standard InChI is InChI=1S/C27H31ClF5N5O3/c1-16-14-38(10-9-37(16)8-6-27(31,32)33)22-12-18(28)3-5-20(22)36-25(39)19-4-2-17(23(29)24(19)30)13-35-26(40)21-15-41-11-7-34-21/h2-5,12,16,21,34H,6-11,13-15H2,1H3,(H,35,40)(H,36,39)/t16-,21-/m0/s1. The van der Waals surface area contributed by atoms with Crippen LogP contribution in [0.25, 0.3) is 0 Å². The second kappa shape index (κ2) is 13.3. The third-order valence-corrected chi connectivity index (χ3v) is 7.33. The van der Waals surface area contributed by atoms with Crippen LogP contribution >= 0.6 is 11.6 Å². The quantitative estimate of drug-likeness (QED) is 0.397. The molecule has 41 heavy (non-hydrogen) atoms. The number of benzene rings is 2. The molecule has 2 saturated heterocycles. The fourth-order valence-corrected chi connectivity index (χ4v) is 4.99. The van der Waals surface area contributed by atoms with Crippen LogP contribution < -0.4 is 20.9 Å². The van der Waals surface area contributed by atoms with E-state index >= 15 is 0 Å². The number of nitrogens with one attached hydrogen (secondary N) is 3. The SMILES string of the molecule is C[C@H]1CN(c2cc(Cl)ccc2NC(=O)c2ccc(CNC(=O)[C@@H]3COCCN3)c(F)c2F)CCN1CCC(F)(F)F. The molecular formula is C27H31ClF5N5O3. The summed E-state index contributed by atoms with van der Waals surface area (Å²) in [7, 11) is 0. The lowest BCUT2D eigenvalue weighted by Gasteiger charge is -2.41. The summed E-state index contributed by atoms with van der Waals surface area (Å²) in [6, 6.07) is 6.20. The van der Waals surface area contributed by atoms with Gasteiger partial charge in [0.1, 0.15) is 6.04 Å². The summed E-state index contributed by atoms with van der Waals surface area (Å²) in [6.45, 7) is 3.66. The Labute approximate surface area is 239 Å². The molecule has 0 spiro atoms. The number of carbonyl (C=O) groups is 2. The van der Waals surface area contributed by atoms with E-state index in [1.807, 2.05) is 11.8 Å². The highest BCUT2D eigenvalue weighted by Crippen LogP contribution is 2.32. The maximum atomic E-state index is 15.0. The number of amides is 2. The maximum Gasteiger partial charge on any atom is 0.390 e. The van der Waals surface area contributed by atoms with Gasteiger partial charge in [-0.3, -0.25) is 14.5 Å². The molecule has 0 saturated carbocycles. The number of ether oxygens (including phenoxy) is 1. The second-order valence-electron chi connectivity index (χ2n) is 10.0. The summed E-state index contributed by atoms with van der Waals surface area (Å²) >= 11 is 6.19. The monoisotopic (exact) mass is 603 g/mol. The first kappa shape index (κ1) is 30.9. The molecule has 0 aliphatic carbocycles. The fraction of sp³-hybridized carbons (Fsp3) is 0.481. The van der Waals surface area contributed by atoms with Gasteiger partial charge >= 0.3 is 6.18 Å². The first-order chi connectivity index (χ1) is 19.4. The molecule has 2 amide bonds. The van der Waals surface area contributed by atoms with E-state index in [-0.39, 0.29) is 37.0 Å². The van der Waals surface area contributed by atoms with Gasteiger partial charge in [-0.05, 0) is 31.2 Å². The second-order valence-corrected chi connectivity index (χ2v) is 10.4. The molecule has 0 bridgehead atoms. The van der Waals surface area contributed by atoms with Crippen molar-refractivity contribution in [2.45, 2.75) is 38.1 Å². The molecule has 4 rings (SSSR count). The Morgan fingerprint density at radius 1 is 1.15 bits per heavy atom. The third kappa shape index (κ3) is 8.06. The largest absolute Gasteiger partial charge is 0.390 e. The van der Waals surface area contributed by atoms with Crippen molar-refractivity contribution in [3.05, 3.63) is 58.1 Å². The van der Waals surface area contributed by atoms with Crippen molar-refractivity contribution >= 4 is 34.8 Å². The van der Waals surface area contributed by atoms with Crippen LogP contribution in [0.3, 0.4) is 0 Å². The average molecular weight is 604 g/mol. The van der Waals surface area contributed by atoms with Crippen LogP contribution in [0.5, 0.6) is 0 Å². The summed E-state index contributed by atoms with van der Waals surface area (Å²) in [5.41, 5.74) is 0.127. The molecule has 2 aliphatic rings. The number of hydrogen-bond acceptors (Lipinski definition) is 6. The minimum absolute atomic E-state index is 0.117. The number of carbonyl (C=O) groups excluding carboxylic acids is 2. The minimum Gasteiger partial charge on any atom is -0.378 e. The summed E-state index contributed by atoms with van der Waals surface area (Å²) in [6.07, 6.45) is -5.15. The molecule has 2 fully saturated rings. The van der Waals surface area contributed by atoms with Crippen LogP contribution in [0.2, 0.25) is 5.02 Å². The van der Waals surface area contributed by atoms with E-state index in [2.05, 4.69) is 16.0 Å². The summed E-state index contributed by atoms with van der Waals surface area (Å²) in [5, 5.41) is 8.46. The van der Waals surface area contributed by atoms with Crippen LogP contribution in [-0.2, 0) is 16.1 Å². The van der Waals surface area contributed by atoms with Crippen molar-refractivity contribution in [3.63, 3.8) is 0 Å². The van der Waals surface area contributed by atoms with Crippen LogP contribution in [0.1, 0.15) is 29.3 Å². The molecule has 14 heteroatoms. The topological polar surface area (TPSA) is 85.9 Å². The third-order valence-electron chi connectivity index (χ3n) is 7.09. The van der Waals surface area contributed by atoms with E-state index in [1.54, 1.807) is 11.0 Å². The van der Waals surface area contributed by atoms with Gasteiger partial charge in [-0.15, -0.1) is 0 Å². The Bertz CT molecular complexity index is 1260. The van der Waals surface area contributed by atoms with Gasteiger partial charge in [0.25, 0.3) is 5.91 Å². The molecule has 3 N–H and O–H groups in total. The first-order valence-corrected chi connectivity index (χ1v) is 13.5. The van der Waals surface area contributed by atoms with Crippen molar-refractivity contribution in [1.29, 1.82) is 0 Å². The average Bonchev–Trinajstić information content (AvgIpc) is 2.93. The van der Waals surface area contributed by atoms with E-state index < -0.39 is 47.7 Å². The number of hydrogen-bond donors (Lipinski definition) is 3. The van der Waals surface area contributed by atoms with Gasteiger partial charge in [0.05, 0.1) is 36.6 Å². The highest BCUT2D eigenvalue weighted by atomic mass is 35.5. The number of rotatable bonds is 8. The lowest BCUT2D eigenvalue weighted by molar-refractivity contribution is -0.139. The molecule has 0 aromatic heterocycles. The lowest BCUT2D eigenvalue weighted by Crippen LogP contribution is -2.52. The maximum absolute atomic E-state index is 15.0. The number of halogens is 6. The highest BCUT2D eigenvalue weighted by Gasteiger charge is 2.32. The zero-order valence-corrected chi connectivity index (χ0v) is 23.0. The molecule has 0 unspecified atom stereocenters. The zero-order valence-electron chi connectivity index (χ0n) is 22.3. The molecule has 2 aliphatic heterocycles. The van der Waals surface area contributed by atoms with Gasteiger partial charge in [0.15, 0.2) is 11.6 Å². The minimum atomic E-state index is -4.25. The van der Waals surface area contributed by atoms with Gasteiger partial charge in [-0.2, -0.15) is 13.2 Å². The molecule has 8 nitrogen and oxygen atoms in total. The Hall–Kier alpha value is -3.00. The van der Waals surface area contributed by atoms with E-state index in [9.17, 15) is 31.5 Å². The van der Waals surface area contributed by atoms with Crippen molar-refractivity contribution < 1.29 is 36.3 Å². The lowest BCUT2D eigenvalue weighted by atomic mass is 10.1. The number of alkyl halides is 3. The predicted molar refractivity (Wildman–Crippen MR) is 144 cm³/mol. The molecule has 0 radical (unpaired) electrons. The summed E-state index contributed by atoms with van der Waals surface area (Å²) < 4.78 is 73.1. The Morgan fingerprint density at radius 2 is 1.93 bits per heavy atom. The molecule has 2 aromatic rings. The number of morpholine rings is 1. The van der Waals surface area contributed by atoms with Gasteiger partial charge in [0, 0.05) is 55.9 Å². The Balaban J connectivity index is 1.43. The Morgan fingerprint density at radius 3 is 2.61 bits per heavy atom. The summed E-state index contributed by atoms with van der Waals surface area (Å²) in [5.74, 6) is -3.94. The van der Waals surface area contributed by atoms with Crippen molar-refractivity contribution in [2.75, 3.05) is 56.2 Å². The van der Waals surface area contributed by atoms with E-state index in [1.165, 1.54) is 18.2 Å². The van der Waals surface area contributed by atoms with E-state index in [0.717, 1.165) is 6.07 Å². The van der Waals surface area contributed by atoms with Crippen molar-refractivity contribution in [2.24, 2.45) is 0 Å². The number of nitrogens with zero attached hydrogens (tertiary/aromatic N) is 2. The van der Waals surface area contributed by atoms with Gasteiger partial charge in [-0.1, -0.05) is 17.7 Å². The molecule has 2 aromatic carbocycles. The van der Waals surface area contributed by atoms with Crippen LogP contribution in [0.15, 0.2) is 30.3 Å². The predicted octanol–water partition coefficient (Wildman–Crippen LogP) is 3.94.